The van der Waals surface area contributed by atoms with Crippen molar-refractivity contribution in [1.82, 2.24) is 0 Å². The molecule has 2 aromatic rings. The van der Waals surface area contributed by atoms with E-state index in [1.807, 2.05) is 0 Å². The lowest BCUT2D eigenvalue weighted by Gasteiger charge is -2.23. The van der Waals surface area contributed by atoms with Crippen molar-refractivity contribution in [1.29, 1.82) is 5.26 Å². The second-order valence-corrected chi connectivity index (χ2v) is 5.64. The summed E-state index contributed by atoms with van der Waals surface area (Å²) in [5.41, 5.74) is 7.21. The SMILES string of the molecule is N#CCc1cccc2c1C1Cc3ccccc3C2C1. The third-order valence-electron chi connectivity index (χ3n) is 4.70. The van der Waals surface area contributed by atoms with E-state index in [9.17, 15) is 0 Å². The topological polar surface area (TPSA) is 23.8 Å². The van der Waals surface area contributed by atoms with Gasteiger partial charge in [0.1, 0.15) is 0 Å². The fourth-order valence-electron chi connectivity index (χ4n) is 4.01. The van der Waals surface area contributed by atoms with Crippen molar-refractivity contribution in [3.8, 4) is 6.07 Å². The molecule has 0 aliphatic heterocycles. The second-order valence-electron chi connectivity index (χ2n) is 5.64. The Hall–Kier alpha value is -2.07. The van der Waals surface area contributed by atoms with Gasteiger partial charge in [-0.05, 0) is 46.6 Å². The molecule has 0 N–H and O–H groups in total. The number of hydrogen-bond acceptors (Lipinski definition) is 1. The minimum Gasteiger partial charge on any atom is -0.198 e. The molecule has 4 rings (SSSR count). The highest BCUT2D eigenvalue weighted by Gasteiger charge is 2.38. The molecule has 0 aromatic heterocycles. The van der Waals surface area contributed by atoms with Crippen LogP contribution >= 0.6 is 0 Å². The Labute approximate surface area is 113 Å². The van der Waals surface area contributed by atoms with E-state index >= 15 is 0 Å². The average molecular weight is 245 g/mol. The first-order chi connectivity index (χ1) is 9.38. The molecule has 0 radical (unpaired) electrons. The van der Waals surface area contributed by atoms with E-state index in [4.69, 9.17) is 5.26 Å². The highest BCUT2D eigenvalue weighted by atomic mass is 14.4. The van der Waals surface area contributed by atoms with E-state index in [-0.39, 0.29) is 0 Å². The van der Waals surface area contributed by atoms with E-state index in [0.29, 0.717) is 18.3 Å². The van der Waals surface area contributed by atoms with Crippen molar-refractivity contribution in [2.75, 3.05) is 0 Å². The first-order valence-electron chi connectivity index (χ1n) is 6.95. The van der Waals surface area contributed by atoms with Crippen molar-refractivity contribution in [3.63, 3.8) is 0 Å². The summed E-state index contributed by atoms with van der Waals surface area (Å²) in [5, 5.41) is 9.02. The predicted molar refractivity (Wildman–Crippen MR) is 75.1 cm³/mol. The summed E-state index contributed by atoms with van der Waals surface area (Å²) < 4.78 is 0. The lowest BCUT2D eigenvalue weighted by Crippen LogP contribution is -2.09. The molecule has 0 fully saturated rings. The molecule has 2 aromatic carbocycles. The van der Waals surface area contributed by atoms with Crippen molar-refractivity contribution in [2.24, 2.45) is 0 Å². The molecule has 2 unspecified atom stereocenters. The molecule has 2 aliphatic carbocycles. The van der Waals surface area contributed by atoms with Crippen LogP contribution in [0.3, 0.4) is 0 Å². The van der Waals surface area contributed by atoms with E-state index in [2.05, 4.69) is 48.5 Å². The zero-order valence-corrected chi connectivity index (χ0v) is 10.8. The Kier molecular flexibility index (Phi) is 2.26. The lowest BCUT2D eigenvalue weighted by molar-refractivity contribution is 0.591. The van der Waals surface area contributed by atoms with Gasteiger partial charge >= 0.3 is 0 Å². The Morgan fingerprint density at radius 2 is 1.89 bits per heavy atom. The smallest absolute Gasteiger partial charge is 0.0669 e. The first kappa shape index (κ1) is 10.8. The number of rotatable bonds is 1. The van der Waals surface area contributed by atoms with Gasteiger partial charge in [-0.25, -0.2) is 0 Å². The van der Waals surface area contributed by atoms with Crippen LogP contribution in [0.25, 0.3) is 0 Å². The largest absolute Gasteiger partial charge is 0.198 e. The maximum absolute atomic E-state index is 9.02. The van der Waals surface area contributed by atoms with Gasteiger partial charge in [0.05, 0.1) is 12.5 Å². The molecule has 0 spiro atoms. The van der Waals surface area contributed by atoms with Crippen molar-refractivity contribution < 1.29 is 0 Å². The molecule has 92 valence electrons. The van der Waals surface area contributed by atoms with Crippen LogP contribution in [-0.2, 0) is 12.8 Å². The zero-order chi connectivity index (χ0) is 12.8. The first-order valence-corrected chi connectivity index (χ1v) is 6.95. The van der Waals surface area contributed by atoms with Crippen molar-refractivity contribution in [2.45, 2.75) is 31.1 Å². The van der Waals surface area contributed by atoms with Gasteiger partial charge in [0.25, 0.3) is 0 Å². The van der Waals surface area contributed by atoms with Crippen LogP contribution < -0.4 is 0 Å². The van der Waals surface area contributed by atoms with E-state index in [0.717, 1.165) is 6.42 Å². The summed E-state index contributed by atoms with van der Waals surface area (Å²) >= 11 is 0. The fourth-order valence-corrected chi connectivity index (χ4v) is 4.01. The van der Waals surface area contributed by atoms with Crippen LogP contribution in [0.1, 0.15) is 46.1 Å². The molecule has 0 amide bonds. The molecule has 0 saturated heterocycles. The van der Waals surface area contributed by atoms with Crippen LogP contribution in [0.4, 0.5) is 0 Å². The minimum atomic E-state index is 0.544. The summed E-state index contributed by atoms with van der Waals surface area (Å²) in [7, 11) is 0. The van der Waals surface area contributed by atoms with E-state index < -0.39 is 0 Å². The maximum atomic E-state index is 9.02. The highest BCUT2D eigenvalue weighted by molar-refractivity contribution is 5.54. The third kappa shape index (κ3) is 1.47. The summed E-state index contributed by atoms with van der Waals surface area (Å²) in [6.07, 6.45) is 2.92. The molecule has 1 heteroatoms. The lowest BCUT2D eigenvalue weighted by atomic mass is 9.81. The molecule has 19 heavy (non-hydrogen) atoms. The molecule has 2 aliphatic rings. The Morgan fingerprint density at radius 1 is 1.05 bits per heavy atom. The van der Waals surface area contributed by atoms with Gasteiger partial charge in [-0.1, -0.05) is 42.5 Å². The number of benzene rings is 2. The minimum absolute atomic E-state index is 0.544. The number of nitriles is 1. The molecular weight excluding hydrogens is 230 g/mol. The van der Waals surface area contributed by atoms with Gasteiger partial charge in [0.2, 0.25) is 0 Å². The van der Waals surface area contributed by atoms with Crippen LogP contribution in [0.2, 0.25) is 0 Å². The predicted octanol–water partition coefficient (Wildman–Crippen LogP) is 3.93. The molecule has 0 saturated carbocycles. The Morgan fingerprint density at radius 3 is 2.79 bits per heavy atom. The third-order valence-corrected chi connectivity index (χ3v) is 4.70. The number of fused-ring (bicyclic) bond motifs is 7. The van der Waals surface area contributed by atoms with Gasteiger partial charge in [0.15, 0.2) is 0 Å². The average Bonchev–Trinajstić information content (AvgIpc) is 2.75. The summed E-state index contributed by atoms with van der Waals surface area (Å²) in [6.45, 7) is 0. The summed E-state index contributed by atoms with van der Waals surface area (Å²) in [4.78, 5) is 0. The number of nitrogens with zero attached hydrogens (tertiary/aromatic N) is 1. The van der Waals surface area contributed by atoms with Gasteiger partial charge in [-0.15, -0.1) is 0 Å². The van der Waals surface area contributed by atoms with Gasteiger partial charge in [-0.2, -0.15) is 5.26 Å². The van der Waals surface area contributed by atoms with Crippen LogP contribution in [0.5, 0.6) is 0 Å². The van der Waals surface area contributed by atoms with Crippen molar-refractivity contribution in [3.05, 3.63) is 70.3 Å². The van der Waals surface area contributed by atoms with Crippen LogP contribution in [0, 0.1) is 11.3 Å². The molecule has 0 heterocycles. The molecule has 1 nitrogen and oxygen atoms in total. The monoisotopic (exact) mass is 245 g/mol. The quantitative estimate of drug-likeness (QED) is 0.746. The molecule has 2 atom stereocenters. The normalized spacial score (nSPS) is 22.5. The standard InChI is InChI=1S/C18H15N/c19-9-8-12-5-3-7-16-17-11-14(18(12)16)10-13-4-1-2-6-15(13)17/h1-7,14,17H,8,10-11H2. The van der Waals surface area contributed by atoms with Crippen LogP contribution in [-0.4, -0.2) is 0 Å². The zero-order valence-electron chi connectivity index (χ0n) is 10.8. The fraction of sp³-hybridized carbons (Fsp3) is 0.278. The summed E-state index contributed by atoms with van der Waals surface area (Å²) in [5.74, 6) is 1.18. The molecular formula is C18H15N. The van der Waals surface area contributed by atoms with Gasteiger partial charge in [-0.3, -0.25) is 0 Å². The van der Waals surface area contributed by atoms with E-state index in [1.54, 1.807) is 0 Å². The van der Waals surface area contributed by atoms with Crippen LogP contribution in [0.15, 0.2) is 42.5 Å². The Bertz CT molecular complexity index is 693. The van der Waals surface area contributed by atoms with Gasteiger partial charge in [0, 0.05) is 5.92 Å². The maximum Gasteiger partial charge on any atom is 0.0669 e. The summed E-state index contributed by atoms with van der Waals surface area (Å²) in [6, 6.07) is 17.7. The van der Waals surface area contributed by atoms with Gasteiger partial charge < -0.3 is 0 Å². The number of hydrogen-bond donors (Lipinski definition) is 0. The van der Waals surface area contributed by atoms with E-state index in [1.165, 1.54) is 34.2 Å². The molecule has 2 bridgehead atoms. The Balaban J connectivity index is 1.92. The van der Waals surface area contributed by atoms with Crippen molar-refractivity contribution >= 4 is 0 Å². The highest BCUT2D eigenvalue weighted by Crippen LogP contribution is 2.52. The second kappa shape index (κ2) is 3.96.